The summed E-state index contributed by atoms with van der Waals surface area (Å²) in [5.41, 5.74) is 0. The topological polar surface area (TPSA) is 189 Å². The molecule has 0 heterocycles. The van der Waals surface area contributed by atoms with Crippen molar-refractivity contribution in [2.75, 3.05) is 26.4 Å². The van der Waals surface area contributed by atoms with Crippen molar-refractivity contribution in [3.63, 3.8) is 0 Å². The summed E-state index contributed by atoms with van der Waals surface area (Å²) in [6, 6.07) is 0. The summed E-state index contributed by atoms with van der Waals surface area (Å²) in [6.07, 6.45) is 35.7. The first-order chi connectivity index (χ1) is 29.4. The minimum Gasteiger partial charge on any atom is -0.462 e. The van der Waals surface area contributed by atoms with Gasteiger partial charge in [-0.2, -0.15) is 0 Å². The van der Waals surface area contributed by atoms with Gasteiger partial charge in [-0.25, -0.2) is 4.57 Å². The van der Waals surface area contributed by atoms with Gasteiger partial charge in [0.25, 0.3) is 0 Å². The number of rotatable bonds is 44. The number of hydrogen-bond donors (Lipinski definition) is 5. The number of esters is 2. The number of allylic oxidation sites excluding steroid dienone is 5. The molecule has 61 heavy (non-hydrogen) atoms. The lowest BCUT2D eigenvalue weighted by Crippen LogP contribution is -2.30. The van der Waals surface area contributed by atoms with Crippen LogP contribution in [-0.4, -0.2) is 88.1 Å². The lowest BCUT2D eigenvalue weighted by molar-refractivity contribution is -0.161. The zero-order valence-corrected chi connectivity index (χ0v) is 39.4. The molecule has 0 amide bonds. The third kappa shape index (κ3) is 41.9. The molecule has 358 valence electrons. The highest BCUT2D eigenvalue weighted by atomic mass is 31.2. The highest BCUT2D eigenvalue weighted by Crippen LogP contribution is 2.43. The molecule has 0 aliphatic carbocycles. The molecule has 0 aliphatic heterocycles. The molecular weight excluding hydrogens is 799 g/mol. The summed E-state index contributed by atoms with van der Waals surface area (Å²) in [5.74, 6) is -0.382. The fourth-order valence-corrected chi connectivity index (χ4v) is 7.37. The number of carbonyl (C=O) groups excluding carboxylic acids is 2. The molecule has 0 aromatic heterocycles. The Morgan fingerprint density at radius 3 is 1.64 bits per heavy atom. The summed E-state index contributed by atoms with van der Waals surface area (Å²) in [6.45, 7) is 4.38. The Morgan fingerprint density at radius 2 is 1.08 bits per heavy atom. The molecule has 5 N–H and O–H groups in total. The van der Waals surface area contributed by atoms with E-state index < -0.39 is 70.6 Å². The normalized spacial score (nSPS) is 15.2. The van der Waals surface area contributed by atoms with E-state index >= 15 is 0 Å². The number of ether oxygens (including phenoxy) is 2. The van der Waals surface area contributed by atoms with Crippen LogP contribution >= 0.6 is 7.82 Å². The molecule has 0 radical (unpaired) electrons. The Morgan fingerprint density at radius 1 is 0.574 bits per heavy atom. The molecule has 5 atom stereocenters. The molecule has 0 aromatic carbocycles. The van der Waals surface area contributed by atoms with Crippen LogP contribution in [0.4, 0.5) is 0 Å². The maximum Gasteiger partial charge on any atom is 0.472 e. The first kappa shape index (κ1) is 59.1. The molecule has 0 aromatic rings. The third-order valence-electron chi connectivity index (χ3n) is 10.4. The van der Waals surface area contributed by atoms with Gasteiger partial charge in [-0.3, -0.25) is 18.6 Å². The zero-order chi connectivity index (χ0) is 45.2. The molecule has 0 saturated carbocycles. The average Bonchev–Trinajstić information content (AvgIpc) is 3.23. The number of aliphatic hydroxyl groups is 4. The van der Waals surface area contributed by atoms with E-state index in [9.17, 15) is 34.4 Å². The number of phosphoric ester groups is 1. The Balaban J connectivity index is 4.43. The van der Waals surface area contributed by atoms with Crippen molar-refractivity contribution in [2.24, 2.45) is 5.92 Å². The highest BCUT2D eigenvalue weighted by Gasteiger charge is 2.27. The fourth-order valence-electron chi connectivity index (χ4n) is 6.58. The van der Waals surface area contributed by atoms with E-state index in [1.165, 1.54) is 103 Å². The number of hydrogen-bond acceptors (Lipinski definition) is 11. The molecule has 3 unspecified atom stereocenters. The second kappa shape index (κ2) is 42.1. The van der Waals surface area contributed by atoms with Crippen LogP contribution in [-0.2, 0) is 32.7 Å². The van der Waals surface area contributed by atoms with E-state index in [-0.39, 0.29) is 32.1 Å². The molecule has 0 aliphatic rings. The molecule has 12 nitrogen and oxygen atoms in total. The standard InChI is InChI=1S/C48H89O12P/c1-4-5-6-7-8-9-10-18-21-24-27-30-34-45(51)46(52)35-32-37-47(53)57-40-44(41-59-61(55,56)58-39-43(50)38-49)60-48(54)36-31-28-25-22-19-16-14-12-11-13-15-17-20-23-26-29-33-42(2)3/h8-9,18,21,27,30,42-46,49-52H,4-7,10-17,19-20,22-26,28-29,31-41H2,1-3H3,(H,55,56)/b9-8-,21-18-,30-27-/t43-,44+,45?,46?/m0/s1. The number of carbonyl (C=O) groups is 2. The third-order valence-corrected chi connectivity index (χ3v) is 11.4. The van der Waals surface area contributed by atoms with Crippen LogP contribution in [0.15, 0.2) is 36.5 Å². The minimum atomic E-state index is -4.69. The van der Waals surface area contributed by atoms with Crippen molar-refractivity contribution in [3.05, 3.63) is 36.5 Å². The second-order valence-corrected chi connectivity index (χ2v) is 18.4. The van der Waals surface area contributed by atoms with E-state index in [2.05, 4.69) is 49.6 Å². The molecule has 0 bridgehead atoms. The van der Waals surface area contributed by atoms with Crippen LogP contribution in [0.3, 0.4) is 0 Å². The van der Waals surface area contributed by atoms with Crippen molar-refractivity contribution in [3.8, 4) is 0 Å². The van der Waals surface area contributed by atoms with Crippen LogP contribution in [0.1, 0.15) is 201 Å². The molecule has 13 heteroatoms. The highest BCUT2D eigenvalue weighted by molar-refractivity contribution is 7.47. The van der Waals surface area contributed by atoms with E-state index in [1.807, 2.05) is 12.2 Å². The summed E-state index contributed by atoms with van der Waals surface area (Å²) < 4.78 is 32.6. The predicted octanol–water partition coefficient (Wildman–Crippen LogP) is 10.9. The zero-order valence-electron chi connectivity index (χ0n) is 38.5. The molecule has 0 fully saturated rings. The maximum absolute atomic E-state index is 12.7. The Kier molecular flexibility index (Phi) is 40.8. The lowest BCUT2D eigenvalue weighted by Gasteiger charge is -2.20. The van der Waals surface area contributed by atoms with Crippen molar-refractivity contribution < 1.29 is 58.0 Å². The first-order valence-corrected chi connectivity index (χ1v) is 25.5. The van der Waals surface area contributed by atoms with Gasteiger partial charge in [0.1, 0.15) is 12.7 Å². The van der Waals surface area contributed by atoms with Gasteiger partial charge in [-0.15, -0.1) is 0 Å². The molecular formula is C48H89O12P. The van der Waals surface area contributed by atoms with Gasteiger partial charge < -0.3 is 34.8 Å². The Labute approximate surface area is 370 Å². The maximum atomic E-state index is 12.7. The van der Waals surface area contributed by atoms with Gasteiger partial charge >= 0.3 is 19.8 Å². The Hall–Kier alpha value is -1.89. The summed E-state index contributed by atoms with van der Waals surface area (Å²) in [4.78, 5) is 35.1. The van der Waals surface area contributed by atoms with Crippen LogP contribution in [0.25, 0.3) is 0 Å². The predicted molar refractivity (Wildman–Crippen MR) is 245 cm³/mol. The second-order valence-electron chi connectivity index (χ2n) is 16.9. The minimum absolute atomic E-state index is 0.0709. The number of unbranched alkanes of at least 4 members (excludes halogenated alkanes) is 18. The smallest absolute Gasteiger partial charge is 0.462 e. The molecule has 0 spiro atoms. The SMILES string of the molecule is CCCCC/C=C\C/C=C\C/C=C\CC(O)C(O)CCCC(=O)OC[C@H](COP(=O)(O)OC[C@@H](O)CO)OC(=O)CCCCCCCCCCCCCCCCCCC(C)C. The summed E-state index contributed by atoms with van der Waals surface area (Å²) >= 11 is 0. The van der Waals surface area contributed by atoms with E-state index in [0.717, 1.165) is 44.4 Å². The molecule has 0 rings (SSSR count). The van der Waals surface area contributed by atoms with Crippen molar-refractivity contribution >= 4 is 19.8 Å². The van der Waals surface area contributed by atoms with Crippen molar-refractivity contribution in [1.82, 2.24) is 0 Å². The summed E-state index contributed by atoms with van der Waals surface area (Å²) in [5, 5.41) is 39.1. The van der Waals surface area contributed by atoms with Crippen LogP contribution < -0.4 is 0 Å². The summed E-state index contributed by atoms with van der Waals surface area (Å²) in [7, 11) is -4.69. The largest absolute Gasteiger partial charge is 0.472 e. The van der Waals surface area contributed by atoms with E-state index in [1.54, 1.807) is 0 Å². The van der Waals surface area contributed by atoms with Gasteiger partial charge in [0.2, 0.25) is 0 Å². The molecule has 0 saturated heterocycles. The van der Waals surface area contributed by atoms with Crippen molar-refractivity contribution in [1.29, 1.82) is 0 Å². The fraction of sp³-hybridized carbons (Fsp3) is 0.833. The van der Waals surface area contributed by atoms with Gasteiger partial charge in [0.05, 0.1) is 32.0 Å². The van der Waals surface area contributed by atoms with E-state index in [0.29, 0.717) is 6.42 Å². The van der Waals surface area contributed by atoms with Gasteiger partial charge in [-0.1, -0.05) is 173 Å². The monoisotopic (exact) mass is 889 g/mol. The van der Waals surface area contributed by atoms with E-state index in [4.69, 9.17) is 19.1 Å². The van der Waals surface area contributed by atoms with Gasteiger partial charge in [0, 0.05) is 12.8 Å². The van der Waals surface area contributed by atoms with Crippen molar-refractivity contribution in [2.45, 2.75) is 225 Å². The van der Waals surface area contributed by atoms with Crippen LogP contribution in [0.5, 0.6) is 0 Å². The number of aliphatic hydroxyl groups excluding tert-OH is 4. The van der Waals surface area contributed by atoms with Gasteiger partial charge in [-0.05, 0) is 57.3 Å². The van der Waals surface area contributed by atoms with Crippen LogP contribution in [0.2, 0.25) is 0 Å². The number of phosphoric acid groups is 1. The van der Waals surface area contributed by atoms with Crippen LogP contribution in [0, 0.1) is 5.92 Å². The lowest BCUT2D eigenvalue weighted by atomic mass is 10.0. The quantitative estimate of drug-likeness (QED) is 0.0169. The Bertz CT molecular complexity index is 1160. The average molecular weight is 889 g/mol. The first-order valence-electron chi connectivity index (χ1n) is 24.0. The van der Waals surface area contributed by atoms with Gasteiger partial charge in [0.15, 0.2) is 6.10 Å².